The molecule has 7 heteroatoms. The lowest BCUT2D eigenvalue weighted by atomic mass is 10.1. The number of benzene rings is 1. The number of amides is 1. The molecule has 0 spiro atoms. The summed E-state index contributed by atoms with van der Waals surface area (Å²) in [6, 6.07) is 5.31. The van der Waals surface area contributed by atoms with Gasteiger partial charge in [0.2, 0.25) is 0 Å². The Morgan fingerprint density at radius 1 is 1.42 bits per heavy atom. The molecule has 2 rings (SSSR count). The average Bonchev–Trinajstić information content (AvgIpc) is 3.17. The molecule has 0 saturated heterocycles. The highest BCUT2D eigenvalue weighted by atomic mass is 16.6. The Hall–Kier alpha value is -2.44. The summed E-state index contributed by atoms with van der Waals surface area (Å²) in [6.07, 6.45) is 1.08. The minimum absolute atomic E-state index is 0.0455. The zero-order valence-electron chi connectivity index (χ0n) is 9.96. The smallest absolute Gasteiger partial charge is 0.311 e. The van der Waals surface area contributed by atoms with Crippen LogP contribution in [0.4, 0.5) is 5.69 Å². The van der Waals surface area contributed by atoms with Gasteiger partial charge in [0.1, 0.15) is 0 Å². The fourth-order valence-corrected chi connectivity index (χ4v) is 1.73. The van der Waals surface area contributed by atoms with Crippen LogP contribution < -0.4 is 5.32 Å². The summed E-state index contributed by atoms with van der Waals surface area (Å²) in [5.74, 6) is -1.43. The minimum atomic E-state index is -0.924. The van der Waals surface area contributed by atoms with Crippen LogP contribution in [0.3, 0.4) is 0 Å². The maximum Gasteiger partial charge on any atom is 0.311 e. The van der Waals surface area contributed by atoms with Crippen LogP contribution in [0.5, 0.6) is 0 Å². The van der Waals surface area contributed by atoms with E-state index in [-0.39, 0.29) is 17.8 Å². The van der Waals surface area contributed by atoms with Gasteiger partial charge in [-0.1, -0.05) is 6.07 Å². The summed E-state index contributed by atoms with van der Waals surface area (Å²) in [6.45, 7) is 0.0455. The first-order valence-electron chi connectivity index (χ1n) is 5.71. The maximum atomic E-state index is 11.8. The number of carboxylic acid groups (broad SMARTS) is 1. The van der Waals surface area contributed by atoms with Crippen LogP contribution in [0.15, 0.2) is 24.3 Å². The van der Waals surface area contributed by atoms with Crippen molar-refractivity contribution in [1.29, 1.82) is 0 Å². The molecule has 0 atom stereocenters. The van der Waals surface area contributed by atoms with E-state index in [1.165, 1.54) is 18.2 Å². The van der Waals surface area contributed by atoms with Crippen molar-refractivity contribution in [2.75, 3.05) is 6.54 Å². The second kappa shape index (κ2) is 4.68. The van der Waals surface area contributed by atoms with Gasteiger partial charge >= 0.3 is 5.97 Å². The van der Waals surface area contributed by atoms with E-state index in [0.29, 0.717) is 12.8 Å². The Labute approximate surface area is 108 Å². The van der Waals surface area contributed by atoms with Crippen LogP contribution in [0.2, 0.25) is 0 Å². The standard InChI is InChI=1S/C12H12N2O5/c15-10(13-7-12(4-5-12)11(16)17)8-2-1-3-9(6-8)14(18)19/h1-3,6H,4-5,7H2,(H,13,15)(H,16,17). The Kier molecular flexibility index (Phi) is 3.20. The first-order valence-corrected chi connectivity index (χ1v) is 5.71. The van der Waals surface area contributed by atoms with Crippen LogP contribution in [-0.4, -0.2) is 28.5 Å². The summed E-state index contributed by atoms with van der Waals surface area (Å²) in [7, 11) is 0. The van der Waals surface area contributed by atoms with E-state index < -0.39 is 22.2 Å². The number of nitro benzene ring substituents is 1. The van der Waals surface area contributed by atoms with Crippen LogP contribution in [0, 0.1) is 15.5 Å². The van der Waals surface area contributed by atoms with Gasteiger partial charge in [0, 0.05) is 24.2 Å². The van der Waals surface area contributed by atoms with Crippen molar-refractivity contribution in [3.05, 3.63) is 39.9 Å². The molecule has 2 N–H and O–H groups in total. The summed E-state index contributed by atoms with van der Waals surface area (Å²) in [5.41, 5.74) is -0.876. The monoisotopic (exact) mass is 264 g/mol. The lowest BCUT2D eigenvalue weighted by Crippen LogP contribution is -2.34. The summed E-state index contributed by atoms with van der Waals surface area (Å²) < 4.78 is 0. The zero-order chi connectivity index (χ0) is 14.0. The summed E-state index contributed by atoms with van der Waals surface area (Å²) in [4.78, 5) is 32.7. The SMILES string of the molecule is O=C(NCC1(C(=O)O)CC1)c1cccc([N+](=O)[O-])c1. The number of nitro groups is 1. The van der Waals surface area contributed by atoms with Crippen molar-refractivity contribution in [1.82, 2.24) is 5.32 Å². The van der Waals surface area contributed by atoms with Crippen LogP contribution in [0.25, 0.3) is 0 Å². The Morgan fingerprint density at radius 3 is 2.63 bits per heavy atom. The number of hydrogen-bond donors (Lipinski definition) is 2. The molecule has 1 saturated carbocycles. The van der Waals surface area contributed by atoms with Crippen molar-refractivity contribution in [3.8, 4) is 0 Å². The average molecular weight is 264 g/mol. The topological polar surface area (TPSA) is 110 Å². The van der Waals surface area contributed by atoms with Crippen molar-refractivity contribution in [2.24, 2.45) is 5.41 Å². The van der Waals surface area contributed by atoms with E-state index in [0.717, 1.165) is 6.07 Å². The quantitative estimate of drug-likeness (QED) is 0.613. The van der Waals surface area contributed by atoms with Gasteiger partial charge in [-0.15, -0.1) is 0 Å². The molecule has 1 amide bonds. The number of carbonyl (C=O) groups is 2. The fraction of sp³-hybridized carbons (Fsp3) is 0.333. The lowest BCUT2D eigenvalue weighted by Gasteiger charge is -2.10. The molecule has 1 fully saturated rings. The van der Waals surface area contributed by atoms with Gasteiger partial charge in [-0.3, -0.25) is 19.7 Å². The summed E-state index contributed by atoms with van der Waals surface area (Å²) >= 11 is 0. The van der Waals surface area contributed by atoms with Crippen molar-refractivity contribution >= 4 is 17.6 Å². The highest BCUT2D eigenvalue weighted by molar-refractivity contribution is 5.95. The third-order valence-corrected chi connectivity index (χ3v) is 3.21. The molecule has 0 radical (unpaired) electrons. The second-order valence-electron chi connectivity index (χ2n) is 4.58. The largest absolute Gasteiger partial charge is 0.481 e. The van der Waals surface area contributed by atoms with E-state index in [1.807, 2.05) is 0 Å². The van der Waals surface area contributed by atoms with Gasteiger partial charge in [0.05, 0.1) is 10.3 Å². The molecule has 0 heterocycles. The zero-order valence-corrected chi connectivity index (χ0v) is 9.96. The van der Waals surface area contributed by atoms with Gasteiger partial charge in [-0.2, -0.15) is 0 Å². The molecule has 1 aliphatic carbocycles. The van der Waals surface area contributed by atoms with Crippen molar-refractivity contribution in [2.45, 2.75) is 12.8 Å². The predicted molar refractivity (Wildman–Crippen MR) is 64.7 cm³/mol. The third-order valence-electron chi connectivity index (χ3n) is 3.21. The molecule has 0 aromatic heterocycles. The van der Waals surface area contributed by atoms with Gasteiger partial charge < -0.3 is 10.4 Å². The van der Waals surface area contributed by atoms with Gasteiger partial charge in [0.15, 0.2) is 0 Å². The highest BCUT2D eigenvalue weighted by Crippen LogP contribution is 2.45. The number of carboxylic acids is 1. The van der Waals surface area contributed by atoms with Gasteiger partial charge in [-0.25, -0.2) is 0 Å². The van der Waals surface area contributed by atoms with Gasteiger partial charge in [0.25, 0.3) is 11.6 Å². The highest BCUT2D eigenvalue weighted by Gasteiger charge is 2.50. The molecular weight excluding hydrogens is 252 g/mol. The summed E-state index contributed by atoms with van der Waals surface area (Å²) in [5, 5.41) is 22.1. The normalized spacial score (nSPS) is 15.6. The Balaban J connectivity index is 2.02. The number of aliphatic carboxylic acids is 1. The molecule has 19 heavy (non-hydrogen) atoms. The molecule has 0 unspecified atom stereocenters. The van der Waals surface area contributed by atoms with E-state index in [9.17, 15) is 19.7 Å². The molecule has 0 aliphatic heterocycles. The predicted octanol–water partition coefficient (Wildman–Crippen LogP) is 1.19. The molecule has 1 aromatic rings. The number of nitrogens with one attached hydrogen (secondary N) is 1. The van der Waals surface area contributed by atoms with Gasteiger partial charge in [-0.05, 0) is 18.9 Å². The molecular formula is C12H12N2O5. The van der Waals surface area contributed by atoms with Crippen LogP contribution in [0.1, 0.15) is 23.2 Å². The van der Waals surface area contributed by atoms with Crippen molar-refractivity contribution < 1.29 is 19.6 Å². The number of carbonyl (C=O) groups excluding carboxylic acids is 1. The van der Waals surface area contributed by atoms with Crippen LogP contribution in [-0.2, 0) is 4.79 Å². The minimum Gasteiger partial charge on any atom is -0.481 e. The number of hydrogen-bond acceptors (Lipinski definition) is 4. The first kappa shape index (κ1) is 13.0. The number of nitrogens with zero attached hydrogens (tertiary/aromatic N) is 1. The van der Waals surface area contributed by atoms with E-state index >= 15 is 0 Å². The molecule has 1 aromatic carbocycles. The Bertz CT molecular complexity index is 551. The number of rotatable bonds is 5. The molecule has 100 valence electrons. The first-order chi connectivity index (χ1) is 8.94. The molecule has 0 bridgehead atoms. The second-order valence-corrected chi connectivity index (χ2v) is 4.58. The van der Waals surface area contributed by atoms with E-state index in [1.54, 1.807) is 0 Å². The lowest BCUT2D eigenvalue weighted by molar-refractivity contribution is -0.384. The number of non-ortho nitro benzene ring substituents is 1. The molecule has 7 nitrogen and oxygen atoms in total. The van der Waals surface area contributed by atoms with E-state index in [2.05, 4.69) is 5.32 Å². The fourth-order valence-electron chi connectivity index (χ4n) is 1.73. The molecule has 1 aliphatic rings. The van der Waals surface area contributed by atoms with E-state index in [4.69, 9.17) is 5.11 Å². The van der Waals surface area contributed by atoms with Crippen molar-refractivity contribution in [3.63, 3.8) is 0 Å². The maximum absolute atomic E-state index is 11.8. The third kappa shape index (κ3) is 2.70. The Morgan fingerprint density at radius 2 is 2.11 bits per heavy atom. The van der Waals surface area contributed by atoms with Crippen LogP contribution >= 0.6 is 0 Å².